The number of likely N-dealkylation sites (N-methyl/N-ethyl adjacent to an activating group) is 1. The van der Waals surface area contributed by atoms with Crippen molar-refractivity contribution in [3.8, 4) is 0 Å². The van der Waals surface area contributed by atoms with E-state index in [9.17, 15) is 0 Å². The SMILES string of the molecule is CN1CC2CN(c3n[nH]c4cc(Cl)ncc34)C2C1. The highest BCUT2D eigenvalue weighted by molar-refractivity contribution is 6.30. The molecule has 0 saturated carbocycles. The van der Waals surface area contributed by atoms with Gasteiger partial charge >= 0.3 is 0 Å². The maximum atomic E-state index is 5.88. The van der Waals surface area contributed by atoms with Crippen molar-refractivity contribution in [3.63, 3.8) is 0 Å². The van der Waals surface area contributed by atoms with Gasteiger partial charge < -0.3 is 9.80 Å². The smallest absolute Gasteiger partial charge is 0.160 e. The van der Waals surface area contributed by atoms with Gasteiger partial charge in [0.1, 0.15) is 5.15 Å². The van der Waals surface area contributed by atoms with Gasteiger partial charge in [-0.2, -0.15) is 5.10 Å². The van der Waals surface area contributed by atoms with E-state index >= 15 is 0 Å². The quantitative estimate of drug-likeness (QED) is 0.790. The average Bonchev–Trinajstić information content (AvgIpc) is 2.85. The second-order valence-corrected chi connectivity index (χ2v) is 5.69. The molecule has 94 valence electrons. The highest BCUT2D eigenvalue weighted by atomic mass is 35.5. The summed E-state index contributed by atoms with van der Waals surface area (Å²) in [4.78, 5) is 8.92. The molecule has 2 aliphatic heterocycles. The van der Waals surface area contributed by atoms with Crippen molar-refractivity contribution in [2.24, 2.45) is 5.92 Å². The zero-order valence-electron chi connectivity index (χ0n) is 10.1. The molecule has 5 nitrogen and oxygen atoms in total. The molecule has 18 heavy (non-hydrogen) atoms. The molecule has 4 heterocycles. The molecule has 2 aromatic heterocycles. The Hall–Kier alpha value is -1.33. The minimum Gasteiger partial charge on any atom is -0.350 e. The number of H-pyrrole nitrogens is 1. The number of rotatable bonds is 1. The second kappa shape index (κ2) is 3.59. The molecule has 0 radical (unpaired) electrons. The van der Waals surface area contributed by atoms with Crippen molar-refractivity contribution >= 4 is 28.3 Å². The number of likely N-dealkylation sites (tertiary alicyclic amines) is 1. The van der Waals surface area contributed by atoms with Gasteiger partial charge in [0, 0.05) is 43.9 Å². The fraction of sp³-hybridized carbons (Fsp3) is 0.500. The number of pyridine rings is 1. The zero-order valence-corrected chi connectivity index (χ0v) is 10.9. The van der Waals surface area contributed by atoms with Crippen LogP contribution >= 0.6 is 11.6 Å². The third-order valence-electron chi connectivity index (χ3n) is 4.09. The molecule has 0 aromatic carbocycles. The van der Waals surface area contributed by atoms with Gasteiger partial charge in [-0.15, -0.1) is 0 Å². The molecule has 0 amide bonds. The van der Waals surface area contributed by atoms with E-state index < -0.39 is 0 Å². The summed E-state index contributed by atoms with van der Waals surface area (Å²) in [7, 11) is 2.18. The molecular weight excluding hydrogens is 250 g/mol. The van der Waals surface area contributed by atoms with E-state index in [0.717, 1.165) is 35.7 Å². The fourth-order valence-electron chi connectivity index (χ4n) is 3.18. The van der Waals surface area contributed by atoms with Gasteiger partial charge in [-0.3, -0.25) is 5.10 Å². The summed E-state index contributed by atoms with van der Waals surface area (Å²) in [6.07, 6.45) is 1.81. The first-order chi connectivity index (χ1) is 8.72. The third-order valence-corrected chi connectivity index (χ3v) is 4.29. The van der Waals surface area contributed by atoms with E-state index in [1.165, 1.54) is 6.54 Å². The van der Waals surface area contributed by atoms with Gasteiger partial charge in [0.05, 0.1) is 10.9 Å². The zero-order chi connectivity index (χ0) is 12.3. The lowest BCUT2D eigenvalue weighted by Gasteiger charge is -2.44. The van der Waals surface area contributed by atoms with Gasteiger partial charge in [0.15, 0.2) is 5.82 Å². The average molecular weight is 264 g/mol. The number of aromatic amines is 1. The first kappa shape index (κ1) is 10.6. The summed E-state index contributed by atoms with van der Waals surface area (Å²) in [6.45, 7) is 3.42. The van der Waals surface area contributed by atoms with Gasteiger partial charge in [-0.1, -0.05) is 11.6 Å². The summed E-state index contributed by atoms with van der Waals surface area (Å²) in [5.74, 6) is 1.81. The van der Waals surface area contributed by atoms with Crippen LogP contribution in [0.1, 0.15) is 0 Å². The Morgan fingerprint density at radius 1 is 1.39 bits per heavy atom. The van der Waals surface area contributed by atoms with Gasteiger partial charge in [-0.25, -0.2) is 4.98 Å². The van der Waals surface area contributed by atoms with Crippen LogP contribution in [0.25, 0.3) is 10.9 Å². The van der Waals surface area contributed by atoms with Crippen LogP contribution in [-0.4, -0.2) is 52.8 Å². The van der Waals surface area contributed by atoms with E-state index in [1.54, 1.807) is 0 Å². The number of aromatic nitrogens is 3. The number of nitrogens with zero attached hydrogens (tertiary/aromatic N) is 4. The first-order valence-electron chi connectivity index (χ1n) is 6.17. The predicted octanol–water partition coefficient (Wildman–Crippen LogP) is 1.36. The van der Waals surface area contributed by atoms with Crippen LogP contribution in [0.15, 0.2) is 12.3 Å². The van der Waals surface area contributed by atoms with Crippen molar-refractivity contribution in [2.45, 2.75) is 6.04 Å². The van der Waals surface area contributed by atoms with Crippen LogP contribution in [0.4, 0.5) is 5.82 Å². The summed E-state index contributed by atoms with van der Waals surface area (Å²) < 4.78 is 0. The standard InChI is InChI=1S/C12H14ClN5/c1-17-4-7-5-18(10(7)6-17)12-8-3-14-11(13)2-9(8)15-16-12/h2-3,7,10H,4-6H2,1H3,(H,15,16). The molecule has 2 aromatic rings. The molecule has 2 fully saturated rings. The monoisotopic (exact) mass is 263 g/mol. The number of anilines is 1. The minimum atomic E-state index is 0.500. The Bertz CT molecular complexity index is 610. The van der Waals surface area contributed by atoms with Crippen LogP contribution in [0.5, 0.6) is 0 Å². The number of hydrogen-bond acceptors (Lipinski definition) is 4. The molecule has 2 aliphatic rings. The fourth-order valence-corrected chi connectivity index (χ4v) is 3.34. The lowest BCUT2D eigenvalue weighted by molar-refractivity contribution is 0.359. The number of fused-ring (bicyclic) bond motifs is 2. The summed E-state index contributed by atoms with van der Waals surface area (Å²) in [6, 6.07) is 2.43. The highest BCUT2D eigenvalue weighted by Gasteiger charge is 2.45. The largest absolute Gasteiger partial charge is 0.350 e. The van der Waals surface area contributed by atoms with Gasteiger partial charge in [0.25, 0.3) is 0 Å². The third kappa shape index (κ3) is 1.37. The number of nitrogens with one attached hydrogen (secondary N) is 1. The minimum absolute atomic E-state index is 0.500. The molecule has 2 unspecified atom stereocenters. The molecular formula is C12H14ClN5. The van der Waals surface area contributed by atoms with Crippen LogP contribution < -0.4 is 4.90 Å². The first-order valence-corrected chi connectivity index (χ1v) is 6.55. The Kier molecular flexibility index (Phi) is 2.11. The predicted molar refractivity (Wildman–Crippen MR) is 71.0 cm³/mol. The van der Waals surface area contributed by atoms with Crippen LogP contribution in [0, 0.1) is 5.92 Å². The molecule has 0 spiro atoms. The maximum absolute atomic E-state index is 5.88. The lowest BCUT2D eigenvalue weighted by atomic mass is 9.92. The Morgan fingerprint density at radius 3 is 3.11 bits per heavy atom. The highest BCUT2D eigenvalue weighted by Crippen LogP contribution is 2.37. The van der Waals surface area contributed by atoms with Gasteiger partial charge in [0.2, 0.25) is 0 Å². The normalized spacial score (nSPS) is 27.6. The van der Waals surface area contributed by atoms with Crippen molar-refractivity contribution in [3.05, 3.63) is 17.4 Å². The molecule has 2 saturated heterocycles. The Balaban J connectivity index is 1.72. The molecule has 2 atom stereocenters. The van der Waals surface area contributed by atoms with Crippen LogP contribution in [-0.2, 0) is 0 Å². The van der Waals surface area contributed by atoms with E-state index in [0.29, 0.717) is 11.2 Å². The van der Waals surface area contributed by atoms with Crippen LogP contribution in [0.2, 0.25) is 5.15 Å². The van der Waals surface area contributed by atoms with Crippen molar-refractivity contribution < 1.29 is 0 Å². The number of hydrogen-bond donors (Lipinski definition) is 1. The molecule has 0 bridgehead atoms. The summed E-state index contributed by atoms with van der Waals surface area (Å²) in [5, 5.41) is 9.03. The lowest BCUT2D eigenvalue weighted by Crippen LogP contribution is -2.56. The number of halogens is 1. The second-order valence-electron chi connectivity index (χ2n) is 5.30. The van der Waals surface area contributed by atoms with E-state index in [-0.39, 0.29) is 0 Å². The molecule has 0 aliphatic carbocycles. The Morgan fingerprint density at radius 2 is 2.28 bits per heavy atom. The summed E-state index contributed by atoms with van der Waals surface area (Å²) in [5.41, 5.74) is 0.958. The van der Waals surface area contributed by atoms with Crippen molar-refractivity contribution in [1.29, 1.82) is 0 Å². The van der Waals surface area contributed by atoms with E-state index in [2.05, 4.69) is 32.0 Å². The summed E-state index contributed by atoms with van der Waals surface area (Å²) >= 11 is 5.88. The van der Waals surface area contributed by atoms with E-state index in [1.807, 2.05) is 12.3 Å². The van der Waals surface area contributed by atoms with Gasteiger partial charge in [-0.05, 0) is 7.05 Å². The van der Waals surface area contributed by atoms with E-state index in [4.69, 9.17) is 11.6 Å². The molecule has 4 rings (SSSR count). The maximum Gasteiger partial charge on any atom is 0.160 e. The molecule has 6 heteroatoms. The van der Waals surface area contributed by atoms with Crippen molar-refractivity contribution in [2.75, 3.05) is 31.6 Å². The van der Waals surface area contributed by atoms with Crippen molar-refractivity contribution in [1.82, 2.24) is 20.1 Å². The van der Waals surface area contributed by atoms with Crippen LogP contribution in [0.3, 0.4) is 0 Å². The molecule has 1 N–H and O–H groups in total. The topological polar surface area (TPSA) is 48.0 Å². The Labute approximate surface area is 110 Å².